The zero-order valence-corrected chi connectivity index (χ0v) is 16.9. The first kappa shape index (κ1) is 21.2. The minimum atomic E-state index is -0.0579. The Balaban J connectivity index is 1.78. The van der Waals surface area contributed by atoms with Crippen molar-refractivity contribution in [2.75, 3.05) is 33.4 Å². The highest BCUT2D eigenvalue weighted by atomic mass is 16.5. The van der Waals surface area contributed by atoms with Crippen molar-refractivity contribution >= 4 is 12.1 Å². The van der Waals surface area contributed by atoms with Crippen LogP contribution in [0, 0.1) is 5.92 Å². The van der Waals surface area contributed by atoms with E-state index >= 15 is 0 Å². The summed E-state index contributed by atoms with van der Waals surface area (Å²) < 4.78 is 11.2. The molecular formula is C21H33N3O3. The van der Waals surface area contributed by atoms with Crippen molar-refractivity contribution in [3.63, 3.8) is 0 Å². The van der Waals surface area contributed by atoms with Gasteiger partial charge >= 0.3 is 0 Å². The summed E-state index contributed by atoms with van der Waals surface area (Å²) in [6, 6.07) is 5.63. The summed E-state index contributed by atoms with van der Waals surface area (Å²) in [6.07, 6.45) is 6.87. The highest BCUT2D eigenvalue weighted by Gasteiger charge is 2.11. The molecule has 0 aromatic heterocycles. The number of nitrogens with one attached hydrogen (secondary N) is 1. The first-order valence-corrected chi connectivity index (χ1v) is 9.93. The molecule has 0 spiro atoms. The van der Waals surface area contributed by atoms with Gasteiger partial charge in [0.25, 0.3) is 0 Å². The summed E-state index contributed by atoms with van der Waals surface area (Å²) in [4.78, 5) is 14.3. The van der Waals surface area contributed by atoms with E-state index in [1.165, 1.54) is 19.3 Å². The molecule has 2 rings (SSSR count). The third-order valence-electron chi connectivity index (χ3n) is 4.65. The normalized spacial score (nSPS) is 15.3. The second-order valence-electron chi connectivity index (χ2n) is 7.39. The largest absolute Gasteiger partial charge is 0.493 e. The predicted molar refractivity (Wildman–Crippen MR) is 109 cm³/mol. The van der Waals surface area contributed by atoms with Crippen LogP contribution < -0.4 is 14.9 Å². The number of rotatable bonds is 10. The molecule has 27 heavy (non-hydrogen) atoms. The number of hydrogen-bond acceptors (Lipinski definition) is 5. The number of benzene rings is 1. The molecule has 0 radical (unpaired) electrons. The molecule has 0 atom stereocenters. The van der Waals surface area contributed by atoms with Gasteiger partial charge in [-0.15, -0.1) is 0 Å². The van der Waals surface area contributed by atoms with Gasteiger partial charge in [0.2, 0.25) is 5.91 Å². The van der Waals surface area contributed by atoms with Crippen molar-refractivity contribution in [3.05, 3.63) is 23.8 Å². The lowest BCUT2D eigenvalue weighted by molar-refractivity contribution is -0.121. The number of amides is 1. The lowest BCUT2D eigenvalue weighted by atomic mass is 10.1. The van der Waals surface area contributed by atoms with Crippen molar-refractivity contribution in [1.82, 2.24) is 10.3 Å². The second kappa shape index (κ2) is 11.6. The summed E-state index contributed by atoms with van der Waals surface area (Å²) in [7, 11) is 1.62. The molecule has 6 nitrogen and oxygen atoms in total. The quantitative estimate of drug-likeness (QED) is 0.503. The van der Waals surface area contributed by atoms with E-state index in [9.17, 15) is 4.79 Å². The van der Waals surface area contributed by atoms with Gasteiger partial charge in [-0.05, 0) is 62.0 Å². The smallest absolute Gasteiger partial charge is 0.241 e. The van der Waals surface area contributed by atoms with Crippen LogP contribution in [0.5, 0.6) is 11.5 Å². The van der Waals surface area contributed by atoms with Crippen LogP contribution in [-0.4, -0.2) is 50.4 Å². The van der Waals surface area contributed by atoms with Crippen LogP contribution >= 0.6 is 0 Å². The Morgan fingerprint density at radius 3 is 2.74 bits per heavy atom. The molecule has 1 aromatic carbocycles. The van der Waals surface area contributed by atoms with Crippen LogP contribution in [0.2, 0.25) is 0 Å². The van der Waals surface area contributed by atoms with Crippen LogP contribution in [0.25, 0.3) is 0 Å². The fraction of sp³-hybridized carbons (Fsp3) is 0.619. The van der Waals surface area contributed by atoms with Crippen molar-refractivity contribution in [2.45, 2.75) is 46.0 Å². The standard InChI is InChI=1S/C21H33N3O3/c1-17(2)10-14-27-19-8-7-18(15-20(19)26-3)16-22-23-21(25)9-13-24-11-5-4-6-12-24/h7-8,15-17H,4-6,9-14H2,1-3H3,(H,23,25)/b22-16+. The number of carbonyl (C=O) groups excluding carboxylic acids is 1. The Bertz CT molecular complexity index is 611. The number of methoxy groups -OCH3 is 1. The summed E-state index contributed by atoms with van der Waals surface area (Å²) in [5.41, 5.74) is 3.45. The lowest BCUT2D eigenvalue weighted by Crippen LogP contribution is -2.33. The number of nitrogens with zero attached hydrogens (tertiary/aromatic N) is 2. The molecule has 1 aliphatic heterocycles. The van der Waals surface area contributed by atoms with Crippen molar-refractivity contribution in [3.8, 4) is 11.5 Å². The number of hydrazone groups is 1. The molecule has 0 aliphatic carbocycles. The van der Waals surface area contributed by atoms with Gasteiger partial charge in [0.1, 0.15) is 0 Å². The molecule has 0 unspecified atom stereocenters. The average Bonchev–Trinajstić information content (AvgIpc) is 2.67. The molecule has 1 N–H and O–H groups in total. The Morgan fingerprint density at radius 2 is 2.04 bits per heavy atom. The van der Waals surface area contributed by atoms with Crippen LogP contribution in [-0.2, 0) is 4.79 Å². The highest BCUT2D eigenvalue weighted by Crippen LogP contribution is 2.27. The summed E-state index contributed by atoms with van der Waals surface area (Å²) in [5.74, 6) is 1.93. The van der Waals surface area contributed by atoms with Crippen LogP contribution in [0.15, 0.2) is 23.3 Å². The van der Waals surface area contributed by atoms with Gasteiger partial charge in [-0.1, -0.05) is 20.3 Å². The van der Waals surface area contributed by atoms with Crippen LogP contribution in [0.1, 0.15) is 51.5 Å². The Labute approximate surface area is 162 Å². The van der Waals surface area contributed by atoms with Gasteiger partial charge < -0.3 is 14.4 Å². The molecule has 1 aliphatic rings. The third-order valence-corrected chi connectivity index (χ3v) is 4.65. The SMILES string of the molecule is COc1cc(/C=N/NC(=O)CCN2CCCCC2)ccc1OCCC(C)C. The molecule has 0 saturated carbocycles. The molecule has 0 bridgehead atoms. The fourth-order valence-corrected chi connectivity index (χ4v) is 2.97. The molecule has 1 aromatic rings. The fourth-order valence-electron chi connectivity index (χ4n) is 2.97. The van der Waals surface area contributed by atoms with Crippen molar-refractivity contribution < 1.29 is 14.3 Å². The zero-order valence-electron chi connectivity index (χ0n) is 16.9. The van der Waals surface area contributed by atoms with Gasteiger partial charge in [0, 0.05) is 13.0 Å². The molecule has 150 valence electrons. The number of ether oxygens (including phenoxy) is 2. The van der Waals surface area contributed by atoms with E-state index < -0.39 is 0 Å². The molecular weight excluding hydrogens is 342 g/mol. The van der Waals surface area contributed by atoms with Crippen molar-refractivity contribution in [1.29, 1.82) is 0 Å². The number of carbonyl (C=O) groups is 1. The second-order valence-corrected chi connectivity index (χ2v) is 7.39. The highest BCUT2D eigenvalue weighted by molar-refractivity contribution is 5.83. The zero-order chi connectivity index (χ0) is 19.5. The Hall–Kier alpha value is -2.08. The van der Waals surface area contributed by atoms with Gasteiger partial charge in [0.05, 0.1) is 19.9 Å². The summed E-state index contributed by atoms with van der Waals surface area (Å²) in [6.45, 7) is 8.00. The molecule has 1 fully saturated rings. The van der Waals surface area contributed by atoms with Gasteiger partial charge in [-0.3, -0.25) is 4.79 Å². The Morgan fingerprint density at radius 1 is 1.26 bits per heavy atom. The number of hydrogen-bond donors (Lipinski definition) is 1. The lowest BCUT2D eigenvalue weighted by Gasteiger charge is -2.25. The minimum Gasteiger partial charge on any atom is -0.493 e. The predicted octanol–water partition coefficient (Wildman–Crippen LogP) is 3.45. The van der Waals surface area contributed by atoms with Gasteiger partial charge in [0.15, 0.2) is 11.5 Å². The van der Waals surface area contributed by atoms with E-state index in [4.69, 9.17) is 9.47 Å². The van der Waals surface area contributed by atoms with Crippen molar-refractivity contribution in [2.24, 2.45) is 11.0 Å². The van der Waals surface area contributed by atoms with Gasteiger partial charge in [-0.25, -0.2) is 5.43 Å². The maximum atomic E-state index is 11.9. The Kier molecular flexibility index (Phi) is 9.11. The van der Waals surface area contributed by atoms with Gasteiger partial charge in [-0.2, -0.15) is 5.10 Å². The average molecular weight is 376 g/mol. The number of piperidine rings is 1. The summed E-state index contributed by atoms with van der Waals surface area (Å²) >= 11 is 0. The molecule has 6 heteroatoms. The van der Waals surface area contributed by atoms with E-state index in [0.717, 1.165) is 37.4 Å². The van der Waals surface area contributed by atoms with E-state index in [1.807, 2.05) is 18.2 Å². The first-order chi connectivity index (χ1) is 13.1. The number of likely N-dealkylation sites (tertiary alicyclic amines) is 1. The monoisotopic (exact) mass is 375 g/mol. The summed E-state index contributed by atoms with van der Waals surface area (Å²) in [5, 5.41) is 4.06. The van der Waals surface area contributed by atoms with E-state index in [2.05, 4.69) is 29.3 Å². The molecule has 1 amide bonds. The van der Waals surface area contributed by atoms with E-state index in [0.29, 0.717) is 24.7 Å². The molecule has 1 saturated heterocycles. The minimum absolute atomic E-state index is 0.0579. The van der Waals surface area contributed by atoms with Crippen LogP contribution in [0.4, 0.5) is 0 Å². The maximum absolute atomic E-state index is 11.9. The van der Waals surface area contributed by atoms with E-state index in [-0.39, 0.29) is 5.91 Å². The topological polar surface area (TPSA) is 63.2 Å². The third kappa shape index (κ3) is 7.99. The maximum Gasteiger partial charge on any atom is 0.241 e. The first-order valence-electron chi connectivity index (χ1n) is 9.93. The molecule has 1 heterocycles. The van der Waals surface area contributed by atoms with Crippen LogP contribution in [0.3, 0.4) is 0 Å². The van der Waals surface area contributed by atoms with E-state index in [1.54, 1.807) is 13.3 Å².